The van der Waals surface area contributed by atoms with E-state index in [0.29, 0.717) is 5.56 Å². The van der Waals surface area contributed by atoms with Crippen molar-refractivity contribution >= 4 is 17.6 Å². The minimum Gasteiger partial charge on any atom is -0.423 e. The highest BCUT2D eigenvalue weighted by Crippen LogP contribution is 2.22. The summed E-state index contributed by atoms with van der Waals surface area (Å²) in [6.45, 7) is 2.14. The fraction of sp³-hybridized carbons (Fsp3) is 0.235. The molecule has 2 rings (SSSR count). The molecule has 4 heteroatoms. The van der Waals surface area contributed by atoms with Gasteiger partial charge in [-0.1, -0.05) is 37.1 Å². The predicted molar refractivity (Wildman–Crippen MR) is 81.4 cm³/mol. The van der Waals surface area contributed by atoms with Gasteiger partial charge in [0.15, 0.2) is 0 Å². The Balaban J connectivity index is 2.04. The molecule has 0 unspecified atom stereocenters. The summed E-state index contributed by atoms with van der Waals surface area (Å²) in [6.07, 6.45) is 3.26. The lowest BCUT2D eigenvalue weighted by Crippen LogP contribution is -2.08. The number of ether oxygens (including phenoxy) is 1. The standard InChI is InChI=1S/C17H16ClFO2/c1-2-3-4-12-5-7-13(8-6-12)17(20)21-14-9-10-16(19)15(18)11-14/h5-11H,2-4H2,1H3. The maximum atomic E-state index is 13.0. The van der Waals surface area contributed by atoms with Gasteiger partial charge in [0.25, 0.3) is 0 Å². The van der Waals surface area contributed by atoms with Crippen molar-refractivity contribution in [3.05, 3.63) is 64.4 Å². The Hall–Kier alpha value is -1.87. The van der Waals surface area contributed by atoms with Gasteiger partial charge in [0, 0.05) is 6.07 Å². The highest BCUT2D eigenvalue weighted by molar-refractivity contribution is 6.30. The molecule has 2 aromatic rings. The summed E-state index contributed by atoms with van der Waals surface area (Å²) in [5.74, 6) is -0.807. The second-order valence-corrected chi connectivity index (χ2v) is 5.17. The minimum atomic E-state index is -0.545. The lowest BCUT2D eigenvalue weighted by Gasteiger charge is -2.06. The van der Waals surface area contributed by atoms with E-state index in [2.05, 4.69) is 6.92 Å². The van der Waals surface area contributed by atoms with Crippen LogP contribution in [0, 0.1) is 5.82 Å². The highest BCUT2D eigenvalue weighted by atomic mass is 35.5. The zero-order chi connectivity index (χ0) is 15.2. The molecule has 0 fully saturated rings. The summed E-state index contributed by atoms with van der Waals surface area (Å²) in [5, 5.41) is -0.0739. The summed E-state index contributed by atoms with van der Waals surface area (Å²) >= 11 is 5.65. The maximum Gasteiger partial charge on any atom is 0.343 e. The first-order valence-electron chi connectivity index (χ1n) is 6.86. The monoisotopic (exact) mass is 306 g/mol. The lowest BCUT2D eigenvalue weighted by atomic mass is 10.1. The van der Waals surface area contributed by atoms with Crippen molar-refractivity contribution in [3.63, 3.8) is 0 Å². The van der Waals surface area contributed by atoms with Gasteiger partial charge in [-0.2, -0.15) is 0 Å². The third kappa shape index (κ3) is 4.30. The van der Waals surface area contributed by atoms with E-state index < -0.39 is 11.8 Å². The number of hydrogen-bond donors (Lipinski definition) is 0. The van der Waals surface area contributed by atoms with Crippen molar-refractivity contribution in [2.24, 2.45) is 0 Å². The number of hydrogen-bond acceptors (Lipinski definition) is 2. The van der Waals surface area contributed by atoms with Crippen LogP contribution in [-0.4, -0.2) is 5.97 Å². The van der Waals surface area contributed by atoms with Crippen LogP contribution in [0.15, 0.2) is 42.5 Å². The van der Waals surface area contributed by atoms with E-state index in [1.54, 1.807) is 12.1 Å². The normalized spacial score (nSPS) is 10.4. The zero-order valence-corrected chi connectivity index (χ0v) is 12.5. The smallest absolute Gasteiger partial charge is 0.343 e. The van der Waals surface area contributed by atoms with E-state index >= 15 is 0 Å². The van der Waals surface area contributed by atoms with Gasteiger partial charge in [0.2, 0.25) is 0 Å². The van der Waals surface area contributed by atoms with Gasteiger partial charge in [-0.3, -0.25) is 0 Å². The maximum absolute atomic E-state index is 13.0. The van der Waals surface area contributed by atoms with E-state index in [0.717, 1.165) is 19.3 Å². The Morgan fingerprint density at radius 3 is 2.52 bits per heavy atom. The van der Waals surface area contributed by atoms with Crippen molar-refractivity contribution in [3.8, 4) is 5.75 Å². The molecule has 2 aromatic carbocycles. The first kappa shape index (κ1) is 15.5. The molecule has 0 saturated heterocycles. The molecule has 0 N–H and O–H groups in total. The molecule has 0 radical (unpaired) electrons. The number of unbranched alkanes of at least 4 members (excludes halogenated alkanes) is 1. The molecule has 0 heterocycles. The summed E-state index contributed by atoms with van der Waals surface area (Å²) < 4.78 is 18.2. The summed E-state index contributed by atoms with van der Waals surface area (Å²) in [7, 11) is 0. The van der Waals surface area contributed by atoms with Crippen molar-refractivity contribution < 1.29 is 13.9 Å². The van der Waals surface area contributed by atoms with Crippen LogP contribution in [-0.2, 0) is 6.42 Å². The molecule has 0 aliphatic heterocycles. The van der Waals surface area contributed by atoms with Crippen LogP contribution in [0.3, 0.4) is 0 Å². The van der Waals surface area contributed by atoms with Crippen molar-refractivity contribution in [1.82, 2.24) is 0 Å². The molecule has 0 bridgehead atoms. The van der Waals surface area contributed by atoms with E-state index in [1.807, 2.05) is 12.1 Å². The Labute approximate surface area is 128 Å². The largest absolute Gasteiger partial charge is 0.423 e. The number of carbonyl (C=O) groups excluding carboxylic acids is 1. The molecule has 2 nitrogen and oxygen atoms in total. The van der Waals surface area contributed by atoms with Gasteiger partial charge < -0.3 is 4.74 Å². The van der Waals surface area contributed by atoms with Crippen LogP contribution in [0.1, 0.15) is 35.7 Å². The summed E-state index contributed by atoms with van der Waals surface area (Å²) in [4.78, 5) is 12.0. The SMILES string of the molecule is CCCCc1ccc(C(=O)Oc2ccc(F)c(Cl)c2)cc1. The zero-order valence-electron chi connectivity index (χ0n) is 11.7. The molecule has 0 spiro atoms. The van der Waals surface area contributed by atoms with E-state index in [1.165, 1.54) is 23.8 Å². The second kappa shape index (κ2) is 7.23. The molecule has 0 saturated carbocycles. The fourth-order valence-corrected chi connectivity index (χ4v) is 2.07. The molecule has 0 amide bonds. The number of esters is 1. The van der Waals surface area contributed by atoms with Crippen LogP contribution >= 0.6 is 11.6 Å². The molecule has 0 atom stereocenters. The molecular formula is C17H16ClFO2. The summed E-state index contributed by atoms with van der Waals surface area (Å²) in [5.41, 5.74) is 1.65. The number of benzene rings is 2. The van der Waals surface area contributed by atoms with Gasteiger partial charge in [-0.25, -0.2) is 9.18 Å². The number of aryl methyl sites for hydroxylation is 1. The van der Waals surface area contributed by atoms with Crippen LogP contribution in [0.25, 0.3) is 0 Å². The number of halogens is 2. The number of carbonyl (C=O) groups is 1. The Morgan fingerprint density at radius 1 is 1.19 bits per heavy atom. The average molecular weight is 307 g/mol. The van der Waals surface area contributed by atoms with E-state index in [9.17, 15) is 9.18 Å². The highest BCUT2D eigenvalue weighted by Gasteiger charge is 2.10. The van der Waals surface area contributed by atoms with Crippen molar-refractivity contribution in [1.29, 1.82) is 0 Å². The molecule has 21 heavy (non-hydrogen) atoms. The van der Waals surface area contributed by atoms with Gasteiger partial charge in [0.05, 0.1) is 10.6 Å². The van der Waals surface area contributed by atoms with Crippen molar-refractivity contribution in [2.75, 3.05) is 0 Å². The molecule has 0 aliphatic rings. The van der Waals surface area contributed by atoms with E-state index in [-0.39, 0.29) is 10.8 Å². The van der Waals surface area contributed by atoms with Gasteiger partial charge in [0.1, 0.15) is 11.6 Å². The molecular weight excluding hydrogens is 291 g/mol. The number of rotatable bonds is 5. The first-order valence-corrected chi connectivity index (χ1v) is 7.24. The van der Waals surface area contributed by atoms with Crippen molar-refractivity contribution in [2.45, 2.75) is 26.2 Å². The molecule has 0 aromatic heterocycles. The van der Waals surface area contributed by atoms with Crippen LogP contribution < -0.4 is 4.74 Å². The Kier molecular flexibility index (Phi) is 5.34. The topological polar surface area (TPSA) is 26.3 Å². The predicted octanol–water partition coefficient (Wildman–Crippen LogP) is 5.04. The third-order valence-corrected chi connectivity index (χ3v) is 3.40. The summed E-state index contributed by atoms with van der Waals surface area (Å²) in [6, 6.07) is 11.1. The molecule has 0 aliphatic carbocycles. The average Bonchev–Trinajstić information content (AvgIpc) is 2.49. The van der Waals surface area contributed by atoms with Crippen LogP contribution in [0.2, 0.25) is 5.02 Å². The minimum absolute atomic E-state index is 0.0739. The van der Waals surface area contributed by atoms with Gasteiger partial charge in [-0.15, -0.1) is 0 Å². The Morgan fingerprint density at radius 2 is 1.90 bits per heavy atom. The second-order valence-electron chi connectivity index (χ2n) is 4.77. The lowest BCUT2D eigenvalue weighted by molar-refractivity contribution is 0.0734. The van der Waals surface area contributed by atoms with E-state index in [4.69, 9.17) is 16.3 Å². The quantitative estimate of drug-likeness (QED) is 0.571. The molecule has 110 valence electrons. The van der Waals surface area contributed by atoms with Gasteiger partial charge >= 0.3 is 5.97 Å². The van der Waals surface area contributed by atoms with Crippen LogP contribution in [0.4, 0.5) is 4.39 Å². The third-order valence-electron chi connectivity index (χ3n) is 3.11. The van der Waals surface area contributed by atoms with Crippen LogP contribution in [0.5, 0.6) is 5.75 Å². The first-order chi connectivity index (χ1) is 10.1. The van der Waals surface area contributed by atoms with Gasteiger partial charge in [-0.05, 0) is 42.7 Å². The fourth-order valence-electron chi connectivity index (χ4n) is 1.89. The Bertz CT molecular complexity index is 623.